The second-order valence-corrected chi connectivity index (χ2v) is 5.56. The standard InChI is InChI=1S/C13H17ClN4O/c14-11-8-16-12(15)7-10(11)13(19)18-5-3-17(4-6-18)9-1-2-9/h7-9H,1-6H2,(H2,15,16). The number of amides is 1. The lowest BCUT2D eigenvalue weighted by Gasteiger charge is -2.35. The highest BCUT2D eigenvalue weighted by atomic mass is 35.5. The van der Waals surface area contributed by atoms with Gasteiger partial charge in [0.15, 0.2) is 0 Å². The maximum Gasteiger partial charge on any atom is 0.255 e. The van der Waals surface area contributed by atoms with Crippen molar-refractivity contribution in [2.45, 2.75) is 18.9 Å². The summed E-state index contributed by atoms with van der Waals surface area (Å²) in [5.41, 5.74) is 6.07. The molecule has 1 saturated heterocycles. The van der Waals surface area contributed by atoms with E-state index in [-0.39, 0.29) is 5.91 Å². The van der Waals surface area contributed by atoms with Gasteiger partial charge in [-0.2, -0.15) is 0 Å². The molecule has 1 aliphatic carbocycles. The van der Waals surface area contributed by atoms with Crippen molar-refractivity contribution in [2.75, 3.05) is 31.9 Å². The largest absolute Gasteiger partial charge is 0.384 e. The zero-order valence-electron chi connectivity index (χ0n) is 10.7. The molecule has 0 radical (unpaired) electrons. The van der Waals surface area contributed by atoms with Gasteiger partial charge in [0.1, 0.15) is 5.82 Å². The Morgan fingerprint density at radius 3 is 2.63 bits per heavy atom. The van der Waals surface area contributed by atoms with Crippen LogP contribution in [0.25, 0.3) is 0 Å². The van der Waals surface area contributed by atoms with E-state index in [1.807, 2.05) is 4.90 Å². The predicted octanol–water partition coefficient (Wildman–Crippen LogP) is 1.24. The number of nitrogens with two attached hydrogens (primary N) is 1. The number of halogens is 1. The van der Waals surface area contributed by atoms with Gasteiger partial charge in [-0.1, -0.05) is 11.6 Å². The highest BCUT2D eigenvalue weighted by molar-refractivity contribution is 6.33. The fraction of sp³-hybridized carbons (Fsp3) is 0.538. The van der Waals surface area contributed by atoms with Gasteiger partial charge in [0, 0.05) is 38.4 Å². The van der Waals surface area contributed by atoms with Gasteiger partial charge in [0.2, 0.25) is 0 Å². The van der Waals surface area contributed by atoms with Crippen LogP contribution in [0.2, 0.25) is 5.02 Å². The zero-order valence-corrected chi connectivity index (χ0v) is 11.4. The summed E-state index contributed by atoms with van der Waals surface area (Å²) in [6.07, 6.45) is 4.05. The van der Waals surface area contributed by atoms with E-state index in [1.54, 1.807) is 6.07 Å². The van der Waals surface area contributed by atoms with Crippen molar-refractivity contribution in [3.05, 3.63) is 22.8 Å². The van der Waals surface area contributed by atoms with E-state index in [4.69, 9.17) is 17.3 Å². The molecule has 6 heteroatoms. The van der Waals surface area contributed by atoms with Gasteiger partial charge in [-0.05, 0) is 18.9 Å². The minimum Gasteiger partial charge on any atom is -0.384 e. The molecule has 0 atom stereocenters. The lowest BCUT2D eigenvalue weighted by Crippen LogP contribution is -2.49. The first kappa shape index (κ1) is 12.7. The SMILES string of the molecule is Nc1cc(C(=O)N2CCN(C3CC3)CC2)c(Cl)cn1. The predicted molar refractivity (Wildman–Crippen MR) is 74.2 cm³/mol. The Morgan fingerprint density at radius 2 is 2.00 bits per heavy atom. The minimum atomic E-state index is -0.0467. The lowest BCUT2D eigenvalue weighted by atomic mass is 10.2. The second-order valence-electron chi connectivity index (χ2n) is 5.15. The Hall–Kier alpha value is -1.33. The maximum atomic E-state index is 12.4. The summed E-state index contributed by atoms with van der Waals surface area (Å²) in [5.74, 6) is 0.277. The molecule has 2 fully saturated rings. The number of nitrogen functional groups attached to an aromatic ring is 1. The highest BCUT2D eigenvalue weighted by Crippen LogP contribution is 2.28. The highest BCUT2D eigenvalue weighted by Gasteiger charge is 2.32. The summed E-state index contributed by atoms with van der Waals surface area (Å²) in [6.45, 7) is 3.42. The third-order valence-electron chi connectivity index (χ3n) is 3.77. The normalized spacial score (nSPS) is 20.6. The Balaban J connectivity index is 1.68. The third-order valence-corrected chi connectivity index (χ3v) is 4.07. The molecule has 1 aliphatic heterocycles. The molecular formula is C13H17ClN4O. The summed E-state index contributed by atoms with van der Waals surface area (Å²) in [7, 11) is 0. The van der Waals surface area contributed by atoms with Crippen molar-refractivity contribution in [1.82, 2.24) is 14.8 Å². The van der Waals surface area contributed by atoms with Gasteiger partial charge in [0.25, 0.3) is 5.91 Å². The van der Waals surface area contributed by atoms with E-state index in [1.165, 1.54) is 19.0 Å². The molecule has 5 nitrogen and oxygen atoms in total. The van der Waals surface area contributed by atoms with Gasteiger partial charge < -0.3 is 10.6 Å². The number of carbonyl (C=O) groups excluding carboxylic acids is 1. The average molecular weight is 281 g/mol. The van der Waals surface area contributed by atoms with Crippen LogP contribution >= 0.6 is 11.6 Å². The number of hydrogen-bond acceptors (Lipinski definition) is 4. The number of carbonyl (C=O) groups is 1. The zero-order chi connectivity index (χ0) is 13.4. The van der Waals surface area contributed by atoms with Crippen LogP contribution in [0.4, 0.5) is 5.82 Å². The average Bonchev–Trinajstić information content (AvgIpc) is 3.25. The van der Waals surface area contributed by atoms with Crippen LogP contribution in [0.3, 0.4) is 0 Å². The van der Waals surface area contributed by atoms with E-state index in [0.717, 1.165) is 32.2 Å². The van der Waals surface area contributed by atoms with Gasteiger partial charge in [-0.15, -0.1) is 0 Å². The van der Waals surface area contributed by atoms with Gasteiger partial charge in [-0.25, -0.2) is 4.98 Å². The molecule has 3 rings (SSSR count). The molecule has 2 N–H and O–H groups in total. The van der Waals surface area contributed by atoms with Crippen LogP contribution in [-0.2, 0) is 0 Å². The molecule has 1 aromatic rings. The summed E-state index contributed by atoms with van der Waals surface area (Å²) in [6, 6.07) is 2.31. The Labute approximate surface area is 117 Å². The first-order valence-corrected chi connectivity index (χ1v) is 6.97. The van der Waals surface area contributed by atoms with Crippen LogP contribution in [0.15, 0.2) is 12.3 Å². The maximum absolute atomic E-state index is 12.4. The van der Waals surface area contributed by atoms with Crippen molar-refractivity contribution in [3.63, 3.8) is 0 Å². The van der Waals surface area contributed by atoms with Crippen LogP contribution in [0, 0.1) is 0 Å². The molecule has 19 heavy (non-hydrogen) atoms. The first-order valence-electron chi connectivity index (χ1n) is 6.59. The van der Waals surface area contributed by atoms with Gasteiger partial charge in [0.05, 0.1) is 10.6 Å². The van der Waals surface area contributed by atoms with Crippen LogP contribution in [-0.4, -0.2) is 52.9 Å². The van der Waals surface area contributed by atoms with E-state index < -0.39 is 0 Å². The minimum absolute atomic E-state index is 0.0467. The number of piperazine rings is 1. The third kappa shape index (κ3) is 2.67. The molecule has 0 spiro atoms. The fourth-order valence-electron chi connectivity index (χ4n) is 2.52. The number of rotatable bonds is 2. The Bertz CT molecular complexity index is 495. The molecule has 102 valence electrons. The second kappa shape index (κ2) is 4.98. The quantitative estimate of drug-likeness (QED) is 0.885. The van der Waals surface area contributed by atoms with Crippen LogP contribution in [0.1, 0.15) is 23.2 Å². The molecule has 2 aliphatic rings. The Morgan fingerprint density at radius 1 is 1.32 bits per heavy atom. The molecule has 0 aromatic carbocycles. The number of nitrogens with zero attached hydrogens (tertiary/aromatic N) is 3. The summed E-state index contributed by atoms with van der Waals surface area (Å²) >= 11 is 6.02. The first-order chi connectivity index (χ1) is 9.15. The van der Waals surface area contributed by atoms with E-state index in [0.29, 0.717) is 16.4 Å². The van der Waals surface area contributed by atoms with Crippen molar-refractivity contribution >= 4 is 23.3 Å². The molecule has 1 amide bonds. The van der Waals surface area contributed by atoms with Gasteiger partial charge >= 0.3 is 0 Å². The van der Waals surface area contributed by atoms with Crippen LogP contribution in [0.5, 0.6) is 0 Å². The van der Waals surface area contributed by atoms with Gasteiger partial charge in [-0.3, -0.25) is 9.69 Å². The summed E-state index contributed by atoms with van der Waals surface area (Å²) in [5, 5.41) is 0.365. The monoisotopic (exact) mass is 280 g/mol. The van der Waals surface area contributed by atoms with Crippen molar-refractivity contribution in [3.8, 4) is 0 Å². The Kier molecular flexibility index (Phi) is 3.33. The molecule has 2 heterocycles. The van der Waals surface area contributed by atoms with E-state index >= 15 is 0 Å². The number of aromatic nitrogens is 1. The number of hydrogen-bond donors (Lipinski definition) is 1. The molecule has 1 saturated carbocycles. The molecule has 0 unspecified atom stereocenters. The number of anilines is 1. The van der Waals surface area contributed by atoms with E-state index in [2.05, 4.69) is 9.88 Å². The molecular weight excluding hydrogens is 264 g/mol. The molecule has 1 aromatic heterocycles. The summed E-state index contributed by atoms with van der Waals surface area (Å²) in [4.78, 5) is 20.6. The van der Waals surface area contributed by atoms with Crippen molar-refractivity contribution in [1.29, 1.82) is 0 Å². The lowest BCUT2D eigenvalue weighted by molar-refractivity contribution is 0.0627. The van der Waals surface area contributed by atoms with Crippen molar-refractivity contribution in [2.24, 2.45) is 0 Å². The number of pyridine rings is 1. The van der Waals surface area contributed by atoms with Crippen molar-refractivity contribution < 1.29 is 4.79 Å². The fourth-order valence-corrected chi connectivity index (χ4v) is 2.70. The smallest absolute Gasteiger partial charge is 0.255 e. The summed E-state index contributed by atoms with van der Waals surface area (Å²) < 4.78 is 0. The van der Waals surface area contributed by atoms with E-state index in [9.17, 15) is 4.79 Å². The topological polar surface area (TPSA) is 62.5 Å². The molecule has 0 bridgehead atoms. The van der Waals surface area contributed by atoms with Crippen LogP contribution < -0.4 is 5.73 Å².